The lowest BCUT2D eigenvalue weighted by molar-refractivity contribution is 0.213. The summed E-state index contributed by atoms with van der Waals surface area (Å²) in [5.74, 6) is 0. The molecule has 12 heavy (non-hydrogen) atoms. The maximum absolute atomic E-state index is 11.3. The van der Waals surface area contributed by atoms with Gasteiger partial charge in [0.15, 0.2) is 0 Å². The third-order valence-electron chi connectivity index (χ3n) is 1.59. The monoisotopic (exact) mass is 204 g/mol. The minimum Gasteiger partial charge on any atom is -0.323 e. The molecule has 3 nitrogen and oxygen atoms in total. The number of nitrogens with zero attached hydrogens (tertiary/aromatic N) is 2. The van der Waals surface area contributed by atoms with E-state index < -0.39 is 0 Å². The lowest BCUT2D eigenvalue weighted by atomic mass is 10.5. The number of aliphatic imine (C=N–C) groups is 1. The molecule has 0 aromatic heterocycles. The summed E-state index contributed by atoms with van der Waals surface area (Å²) in [6.07, 6.45) is 0. The van der Waals surface area contributed by atoms with Gasteiger partial charge in [0.1, 0.15) is 4.38 Å². The number of hydrogen-bond donors (Lipinski definition) is 0. The van der Waals surface area contributed by atoms with E-state index in [9.17, 15) is 4.79 Å². The van der Waals surface area contributed by atoms with Gasteiger partial charge in [0.25, 0.3) is 0 Å². The Bertz CT molecular complexity index is 196. The Hall–Kier alpha value is -0.160. The largest absolute Gasteiger partial charge is 0.345 e. The molecule has 0 bridgehead atoms. The molecule has 1 rings (SSSR count). The van der Waals surface area contributed by atoms with Gasteiger partial charge in [-0.3, -0.25) is 0 Å². The molecule has 0 aliphatic carbocycles. The lowest BCUT2D eigenvalue weighted by Crippen LogP contribution is -2.28. The summed E-state index contributed by atoms with van der Waals surface area (Å²) in [5.41, 5.74) is 0. The smallest absolute Gasteiger partial charge is 0.323 e. The van der Waals surface area contributed by atoms with Crippen LogP contribution in [-0.2, 0) is 0 Å². The van der Waals surface area contributed by atoms with E-state index in [1.54, 1.807) is 28.4 Å². The fourth-order valence-electron chi connectivity index (χ4n) is 0.819. The first-order valence-electron chi connectivity index (χ1n) is 3.91. The predicted octanol–water partition coefficient (Wildman–Crippen LogP) is 2.24. The molecule has 0 aromatic carbocycles. The van der Waals surface area contributed by atoms with Gasteiger partial charge in [-0.1, -0.05) is 23.5 Å². The minimum absolute atomic E-state index is 0.102. The van der Waals surface area contributed by atoms with Crippen LogP contribution in [0.2, 0.25) is 0 Å². The van der Waals surface area contributed by atoms with Crippen molar-refractivity contribution in [3.05, 3.63) is 0 Å². The maximum Gasteiger partial charge on any atom is 0.345 e. The quantitative estimate of drug-likeness (QED) is 0.691. The maximum atomic E-state index is 11.3. The number of urea groups is 1. The van der Waals surface area contributed by atoms with Crippen LogP contribution in [0.3, 0.4) is 0 Å². The average Bonchev–Trinajstić information content (AvgIpc) is 1.99. The van der Waals surface area contributed by atoms with Gasteiger partial charge in [-0.05, 0) is 13.8 Å². The van der Waals surface area contributed by atoms with Crippen molar-refractivity contribution in [1.29, 1.82) is 0 Å². The molecule has 1 saturated heterocycles. The first-order chi connectivity index (χ1) is 5.77. The van der Waals surface area contributed by atoms with E-state index in [1.807, 2.05) is 13.8 Å². The summed E-state index contributed by atoms with van der Waals surface area (Å²) >= 11 is 3.28. The second-order valence-electron chi connectivity index (χ2n) is 2.24. The van der Waals surface area contributed by atoms with Crippen LogP contribution in [0.15, 0.2) is 4.99 Å². The number of rotatable bonds is 2. The zero-order valence-corrected chi connectivity index (χ0v) is 8.87. The number of carbonyl (C=O) groups is 1. The first-order valence-corrected chi connectivity index (χ1v) is 5.88. The van der Waals surface area contributed by atoms with Crippen LogP contribution in [0.5, 0.6) is 0 Å². The molecule has 0 atom stereocenters. The van der Waals surface area contributed by atoms with Crippen molar-refractivity contribution in [2.24, 2.45) is 4.99 Å². The highest BCUT2D eigenvalue weighted by atomic mass is 32.3. The van der Waals surface area contributed by atoms with E-state index in [0.29, 0.717) is 0 Å². The average molecular weight is 204 g/mol. The molecular weight excluding hydrogens is 192 g/mol. The van der Waals surface area contributed by atoms with Crippen LogP contribution in [-0.4, -0.2) is 33.5 Å². The number of amides is 2. The molecule has 0 spiro atoms. The van der Waals surface area contributed by atoms with Gasteiger partial charge in [-0.2, -0.15) is 4.99 Å². The minimum atomic E-state index is -0.102. The number of hydrogen-bond acceptors (Lipinski definition) is 3. The van der Waals surface area contributed by atoms with Gasteiger partial charge in [0, 0.05) is 13.1 Å². The Labute approximate surface area is 81.0 Å². The van der Waals surface area contributed by atoms with E-state index in [0.717, 1.165) is 22.6 Å². The molecule has 1 aliphatic rings. The van der Waals surface area contributed by atoms with Gasteiger partial charge in [-0.25, -0.2) is 4.79 Å². The van der Waals surface area contributed by atoms with Crippen molar-refractivity contribution < 1.29 is 4.79 Å². The first kappa shape index (κ1) is 9.92. The third-order valence-corrected chi connectivity index (χ3v) is 3.91. The Balaban J connectivity index is 2.45. The van der Waals surface area contributed by atoms with Crippen LogP contribution < -0.4 is 0 Å². The number of thioether (sulfide) groups is 2. The van der Waals surface area contributed by atoms with E-state index in [2.05, 4.69) is 4.99 Å². The fraction of sp³-hybridized carbons (Fsp3) is 0.714. The molecule has 0 aromatic rings. The van der Waals surface area contributed by atoms with E-state index in [4.69, 9.17) is 0 Å². The molecule has 0 unspecified atom stereocenters. The highest BCUT2D eigenvalue weighted by Gasteiger charge is 2.16. The van der Waals surface area contributed by atoms with Crippen molar-refractivity contribution in [1.82, 2.24) is 4.90 Å². The Morgan fingerprint density at radius 2 is 2.08 bits per heavy atom. The molecule has 0 saturated carbocycles. The van der Waals surface area contributed by atoms with Crippen molar-refractivity contribution in [3.8, 4) is 0 Å². The standard InChI is InChI=1S/C7H12N2OS2/c1-3-9(4-2)6(10)8-7-11-5-12-7/h3-5H2,1-2H3. The van der Waals surface area contributed by atoms with Crippen LogP contribution in [0.25, 0.3) is 0 Å². The van der Waals surface area contributed by atoms with Crippen molar-refractivity contribution in [2.45, 2.75) is 13.8 Å². The Kier molecular flexibility index (Phi) is 3.94. The Morgan fingerprint density at radius 1 is 1.50 bits per heavy atom. The van der Waals surface area contributed by atoms with Gasteiger partial charge in [-0.15, -0.1) is 0 Å². The highest BCUT2D eigenvalue weighted by molar-refractivity contribution is 8.52. The van der Waals surface area contributed by atoms with Gasteiger partial charge in [0.05, 0.1) is 5.08 Å². The molecule has 1 aliphatic heterocycles. The SMILES string of the molecule is CCN(CC)C(=O)N=C1SCS1. The van der Waals surface area contributed by atoms with Crippen LogP contribution in [0, 0.1) is 0 Å². The number of carbonyl (C=O) groups excluding carboxylic acids is 1. The Morgan fingerprint density at radius 3 is 2.42 bits per heavy atom. The molecular formula is C7H12N2OS2. The second-order valence-corrected chi connectivity index (χ2v) is 4.79. The molecule has 0 radical (unpaired) electrons. The highest BCUT2D eigenvalue weighted by Crippen LogP contribution is 2.32. The summed E-state index contributed by atoms with van der Waals surface area (Å²) in [5, 5.41) is 1.03. The molecule has 1 heterocycles. The van der Waals surface area contributed by atoms with Crippen molar-refractivity contribution in [3.63, 3.8) is 0 Å². The fourth-order valence-corrected chi connectivity index (χ4v) is 2.00. The summed E-state index contributed by atoms with van der Waals surface area (Å²) in [6.45, 7) is 5.40. The van der Waals surface area contributed by atoms with Crippen LogP contribution in [0.4, 0.5) is 4.79 Å². The van der Waals surface area contributed by atoms with Crippen molar-refractivity contribution in [2.75, 3.05) is 18.2 Å². The summed E-state index contributed by atoms with van der Waals surface area (Å²) in [6, 6.07) is -0.102. The molecule has 2 amide bonds. The summed E-state index contributed by atoms with van der Waals surface area (Å²) < 4.78 is 0.909. The summed E-state index contributed by atoms with van der Waals surface area (Å²) in [7, 11) is 0. The topological polar surface area (TPSA) is 32.7 Å². The molecule has 0 N–H and O–H groups in total. The third kappa shape index (κ3) is 2.42. The van der Waals surface area contributed by atoms with E-state index >= 15 is 0 Å². The zero-order chi connectivity index (χ0) is 8.97. The van der Waals surface area contributed by atoms with Crippen LogP contribution in [0.1, 0.15) is 13.8 Å². The lowest BCUT2D eigenvalue weighted by Gasteiger charge is -2.18. The van der Waals surface area contributed by atoms with E-state index in [1.165, 1.54) is 0 Å². The zero-order valence-electron chi connectivity index (χ0n) is 7.24. The van der Waals surface area contributed by atoms with Crippen LogP contribution >= 0.6 is 23.5 Å². The van der Waals surface area contributed by atoms with Gasteiger partial charge in [0.2, 0.25) is 0 Å². The normalized spacial score (nSPS) is 15.3. The molecule has 5 heteroatoms. The van der Waals surface area contributed by atoms with E-state index in [-0.39, 0.29) is 6.03 Å². The second kappa shape index (κ2) is 4.77. The summed E-state index contributed by atoms with van der Waals surface area (Å²) in [4.78, 5) is 17.0. The predicted molar refractivity (Wildman–Crippen MR) is 55.8 cm³/mol. The molecule has 68 valence electrons. The van der Waals surface area contributed by atoms with Gasteiger partial charge >= 0.3 is 6.03 Å². The molecule has 1 fully saturated rings. The van der Waals surface area contributed by atoms with Gasteiger partial charge < -0.3 is 4.90 Å². The van der Waals surface area contributed by atoms with Crippen molar-refractivity contribution >= 4 is 33.9 Å².